The molecule has 0 aromatic rings. The highest BCUT2D eigenvalue weighted by Gasteiger charge is 2.44. The molecule has 0 aromatic heterocycles. The SMILES string of the molecule is CCOC(=O)C1=C2SS(=O)(=O)C=C2N(C)C1=O. The van der Waals surface area contributed by atoms with Gasteiger partial charge in [0.1, 0.15) is 5.57 Å². The second-order valence-corrected chi connectivity index (χ2v) is 7.06. The second-order valence-electron chi connectivity index (χ2n) is 3.37. The Kier molecular flexibility index (Phi) is 2.78. The molecule has 0 saturated heterocycles. The number of likely N-dealkylation sites (N-methyl/N-ethyl adjacent to an activating group) is 1. The molecule has 0 aliphatic carbocycles. The quantitative estimate of drug-likeness (QED) is 0.406. The number of carbonyl (C=O) groups is 2. The molecule has 2 rings (SSSR count). The van der Waals surface area contributed by atoms with Gasteiger partial charge in [0.05, 0.1) is 22.6 Å². The topological polar surface area (TPSA) is 80.8 Å². The summed E-state index contributed by atoms with van der Waals surface area (Å²) in [6.07, 6.45) is 0. The van der Waals surface area contributed by atoms with Crippen LogP contribution >= 0.6 is 10.8 Å². The van der Waals surface area contributed by atoms with Crippen LogP contribution in [0.25, 0.3) is 0 Å². The molecule has 2 aliphatic rings. The number of nitrogens with zero attached hydrogens (tertiary/aromatic N) is 1. The first-order valence-corrected chi connectivity index (χ1v) is 7.61. The molecule has 0 spiro atoms. The fourth-order valence-electron chi connectivity index (χ4n) is 1.53. The van der Waals surface area contributed by atoms with Gasteiger partial charge < -0.3 is 9.64 Å². The first-order chi connectivity index (χ1) is 7.87. The van der Waals surface area contributed by atoms with E-state index in [1.165, 1.54) is 7.05 Å². The number of carbonyl (C=O) groups excluding carboxylic acids is 2. The minimum atomic E-state index is -3.45. The fraction of sp³-hybridized carbons (Fsp3) is 0.333. The maximum absolute atomic E-state index is 11.8. The number of hydrogen-bond donors (Lipinski definition) is 0. The Bertz CT molecular complexity index is 572. The average molecular weight is 275 g/mol. The molecule has 1 amide bonds. The van der Waals surface area contributed by atoms with E-state index in [1.807, 2.05) is 0 Å². The zero-order chi connectivity index (χ0) is 12.8. The molecule has 6 nitrogen and oxygen atoms in total. The molecule has 0 fully saturated rings. The van der Waals surface area contributed by atoms with Crippen LogP contribution in [0.3, 0.4) is 0 Å². The lowest BCUT2D eigenvalue weighted by atomic mass is 10.2. The van der Waals surface area contributed by atoms with Gasteiger partial charge in [0.25, 0.3) is 5.91 Å². The maximum Gasteiger partial charge on any atom is 0.345 e. The van der Waals surface area contributed by atoms with Crippen molar-refractivity contribution in [2.24, 2.45) is 0 Å². The van der Waals surface area contributed by atoms with E-state index in [4.69, 9.17) is 4.74 Å². The molecule has 2 heterocycles. The largest absolute Gasteiger partial charge is 0.462 e. The molecular weight excluding hydrogens is 266 g/mol. The molecule has 2 aliphatic heterocycles. The van der Waals surface area contributed by atoms with Crippen LogP contribution in [0, 0.1) is 0 Å². The van der Waals surface area contributed by atoms with E-state index in [0.29, 0.717) is 10.8 Å². The Balaban J connectivity index is 2.51. The molecule has 0 aromatic carbocycles. The molecule has 0 bridgehead atoms. The van der Waals surface area contributed by atoms with E-state index in [-0.39, 0.29) is 22.8 Å². The van der Waals surface area contributed by atoms with Crippen LogP contribution in [0.15, 0.2) is 21.6 Å². The van der Waals surface area contributed by atoms with Crippen LogP contribution < -0.4 is 0 Å². The Morgan fingerprint density at radius 2 is 2.18 bits per heavy atom. The van der Waals surface area contributed by atoms with Crippen LogP contribution in [-0.2, 0) is 23.2 Å². The van der Waals surface area contributed by atoms with Gasteiger partial charge in [-0.1, -0.05) is 0 Å². The molecule has 92 valence electrons. The molecular formula is C9H9NO5S2. The molecule has 0 atom stereocenters. The third-order valence-electron chi connectivity index (χ3n) is 2.27. The van der Waals surface area contributed by atoms with E-state index in [2.05, 4.69) is 0 Å². The van der Waals surface area contributed by atoms with Gasteiger partial charge in [-0.2, -0.15) is 0 Å². The Morgan fingerprint density at radius 1 is 1.53 bits per heavy atom. The van der Waals surface area contributed by atoms with Crippen LogP contribution in [-0.4, -0.2) is 38.8 Å². The molecule has 8 heteroatoms. The highest BCUT2D eigenvalue weighted by molar-refractivity contribution is 8.75. The first-order valence-electron chi connectivity index (χ1n) is 4.73. The van der Waals surface area contributed by atoms with Crippen molar-refractivity contribution in [1.29, 1.82) is 0 Å². The van der Waals surface area contributed by atoms with E-state index in [0.717, 1.165) is 10.3 Å². The fourth-order valence-corrected chi connectivity index (χ4v) is 4.59. The van der Waals surface area contributed by atoms with Crippen LogP contribution in [0.1, 0.15) is 6.92 Å². The van der Waals surface area contributed by atoms with Crippen molar-refractivity contribution in [1.82, 2.24) is 4.90 Å². The lowest BCUT2D eigenvalue weighted by Crippen LogP contribution is -2.24. The molecule has 17 heavy (non-hydrogen) atoms. The van der Waals surface area contributed by atoms with Crippen molar-refractivity contribution in [3.63, 3.8) is 0 Å². The summed E-state index contributed by atoms with van der Waals surface area (Å²) in [7, 11) is -1.53. The number of ether oxygens (including phenoxy) is 1. The highest BCUT2D eigenvalue weighted by atomic mass is 33.1. The average Bonchev–Trinajstić information content (AvgIpc) is 2.63. The lowest BCUT2D eigenvalue weighted by molar-refractivity contribution is -0.140. The summed E-state index contributed by atoms with van der Waals surface area (Å²) in [5.41, 5.74) is 0.0368. The van der Waals surface area contributed by atoms with Crippen molar-refractivity contribution in [3.8, 4) is 0 Å². The normalized spacial score (nSPS) is 21.6. The Morgan fingerprint density at radius 3 is 2.76 bits per heavy atom. The summed E-state index contributed by atoms with van der Waals surface area (Å²) in [4.78, 5) is 24.7. The minimum Gasteiger partial charge on any atom is -0.462 e. The molecule has 0 N–H and O–H groups in total. The van der Waals surface area contributed by atoms with Gasteiger partial charge in [-0.3, -0.25) is 4.79 Å². The number of rotatable bonds is 2. The van der Waals surface area contributed by atoms with Gasteiger partial charge >= 0.3 is 5.97 Å². The van der Waals surface area contributed by atoms with E-state index < -0.39 is 20.7 Å². The smallest absolute Gasteiger partial charge is 0.345 e. The van der Waals surface area contributed by atoms with Crippen LogP contribution in [0.5, 0.6) is 0 Å². The summed E-state index contributed by atoms with van der Waals surface area (Å²) >= 11 is 0. The number of esters is 1. The summed E-state index contributed by atoms with van der Waals surface area (Å²) in [6.45, 7) is 1.74. The van der Waals surface area contributed by atoms with E-state index in [9.17, 15) is 18.0 Å². The predicted octanol–water partition coefficient (Wildman–Crippen LogP) is 0.194. The minimum absolute atomic E-state index is 0.128. The summed E-state index contributed by atoms with van der Waals surface area (Å²) in [6, 6.07) is 0. The van der Waals surface area contributed by atoms with Gasteiger partial charge in [-0.25, -0.2) is 13.2 Å². The molecule has 0 radical (unpaired) electrons. The van der Waals surface area contributed by atoms with E-state index in [1.54, 1.807) is 6.92 Å². The maximum atomic E-state index is 11.8. The summed E-state index contributed by atoms with van der Waals surface area (Å²) in [5.74, 6) is -1.32. The van der Waals surface area contributed by atoms with Gasteiger partial charge in [0.15, 0.2) is 0 Å². The summed E-state index contributed by atoms with van der Waals surface area (Å²) in [5, 5.41) is 0.983. The Labute approximate surface area is 102 Å². The highest BCUT2D eigenvalue weighted by Crippen LogP contribution is 2.46. The van der Waals surface area contributed by atoms with Crippen molar-refractivity contribution in [2.75, 3.05) is 13.7 Å². The third kappa shape index (κ3) is 1.87. The first kappa shape index (κ1) is 12.2. The van der Waals surface area contributed by atoms with Gasteiger partial charge in [0.2, 0.25) is 8.87 Å². The monoisotopic (exact) mass is 275 g/mol. The van der Waals surface area contributed by atoms with Crippen molar-refractivity contribution in [3.05, 3.63) is 21.6 Å². The second kappa shape index (κ2) is 3.88. The Hall–Kier alpha value is -1.28. The van der Waals surface area contributed by atoms with Gasteiger partial charge in [-0.05, 0) is 6.92 Å². The van der Waals surface area contributed by atoms with Crippen LogP contribution in [0.2, 0.25) is 0 Å². The van der Waals surface area contributed by atoms with Crippen LogP contribution in [0.4, 0.5) is 0 Å². The zero-order valence-electron chi connectivity index (χ0n) is 9.09. The third-order valence-corrected chi connectivity index (χ3v) is 5.08. The lowest BCUT2D eigenvalue weighted by Gasteiger charge is -2.09. The predicted molar refractivity (Wildman–Crippen MR) is 61.0 cm³/mol. The number of amides is 1. The van der Waals surface area contributed by atoms with Crippen molar-refractivity contribution >= 4 is 31.5 Å². The van der Waals surface area contributed by atoms with E-state index >= 15 is 0 Å². The number of fused-ring (bicyclic) bond motifs is 1. The van der Waals surface area contributed by atoms with Crippen molar-refractivity contribution < 1.29 is 22.7 Å². The van der Waals surface area contributed by atoms with Gasteiger partial charge in [-0.15, -0.1) is 0 Å². The summed E-state index contributed by atoms with van der Waals surface area (Å²) < 4.78 is 27.5. The van der Waals surface area contributed by atoms with Gasteiger partial charge in [0, 0.05) is 17.8 Å². The molecule has 0 unspecified atom stereocenters. The standard InChI is InChI=1S/C9H9NO5S2/c1-3-15-9(12)6-7-5(10(2)8(6)11)4-17(13,14)16-7/h4H,3H2,1-2H3. The zero-order valence-corrected chi connectivity index (χ0v) is 10.7. The van der Waals surface area contributed by atoms with Crippen molar-refractivity contribution in [2.45, 2.75) is 6.92 Å². The number of hydrogen-bond acceptors (Lipinski definition) is 6. The molecule has 0 saturated carbocycles.